The lowest BCUT2D eigenvalue weighted by molar-refractivity contribution is -0.121. The molecular weight excluding hydrogens is 404 g/mol. The number of piperazine rings is 1. The Morgan fingerprint density at radius 1 is 1.04 bits per heavy atom. The van der Waals surface area contributed by atoms with Gasteiger partial charge in [-0.05, 0) is 36.8 Å². The van der Waals surface area contributed by atoms with E-state index in [1.807, 2.05) is 37.3 Å². The molecular formula is C21H25BrN4O. The molecule has 2 aromatic rings. The molecule has 3 rings (SSSR count). The zero-order valence-electron chi connectivity index (χ0n) is 15.6. The van der Waals surface area contributed by atoms with E-state index in [1.165, 1.54) is 5.69 Å². The highest BCUT2D eigenvalue weighted by atomic mass is 79.9. The fourth-order valence-electron chi connectivity index (χ4n) is 3.09. The van der Waals surface area contributed by atoms with E-state index in [0.717, 1.165) is 48.5 Å². The van der Waals surface area contributed by atoms with Gasteiger partial charge < -0.3 is 4.90 Å². The molecule has 27 heavy (non-hydrogen) atoms. The van der Waals surface area contributed by atoms with Crippen LogP contribution in [0.25, 0.3) is 0 Å². The number of amides is 1. The minimum Gasteiger partial charge on any atom is -0.369 e. The maximum absolute atomic E-state index is 12.1. The van der Waals surface area contributed by atoms with Crippen LogP contribution in [-0.2, 0) is 4.79 Å². The molecule has 1 amide bonds. The van der Waals surface area contributed by atoms with Gasteiger partial charge in [-0.2, -0.15) is 5.10 Å². The van der Waals surface area contributed by atoms with Crippen molar-refractivity contribution in [2.45, 2.75) is 13.3 Å². The van der Waals surface area contributed by atoms with E-state index in [-0.39, 0.29) is 5.91 Å². The summed E-state index contributed by atoms with van der Waals surface area (Å²) >= 11 is 3.41. The average Bonchev–Trinajstić information content (AvgIpc) is 2.72. The van der Waals surface area contributed by atoms with E-state index in [1.54, 1.807) is 0 Å². The number of benzene rings is 2. The van der Waals surface area contributed by atoms with Crippen LogP contribution >= 0.6 is 15.9 Å². The second kappa shape index (κ2) is 9.67. The van der Waals surface area contributed by atoms with Crippen LogP contribution in [0, 0.1) is 0 Å². The summed E-state index contributed by atoms with van der Waals surface area (Å²) in [7, 11) is 0. The van der Waals surface area contributed by atoms with E-state index >= 15 is 0 Å². The fraction of sp³-hybridized carbons (Fsp3) is 0.333. The van der Waals surface area contributed by atoms with Crippen molar-refractivity contribution in [3.8, 4) is 0 Å². The van der Waals surface area contributed by atoms with E-state index in [2.05, 4.69) is 60.5 Å². The van der Waals surface area contributed by atoms with Crippen LogP contribution in [-0.4, -0.2) is 49.2 Å². The van der Waals surface area contributed by atoms with Gasteiger partial charge in [0.1, 0.15) is 0 Å². The number of carbonyl (C=O) groups is 1. The van der Waals surface area contributed by atoms with Gasteiger partial charge in [0.15, 0.2) is 0 Å². The van der Waals surface area contributed by atoms with Gasteiger partial charge in [0.05, 0.1) is 5.71 Å². The molecule has 0 radical (unpaired) electrons. The largest absolute Gasteiger partial charge is 0.369 e. The van der Waals surface area contributed by atoms with Crippen molar-refractivity contribution in [2.75, 3.05) is 37.6 Å². The van der Waals surface area contributed by atoms with Crippen molar-refractivity contribution < 1.29 is 4.79 Å². The predicted octanol–water partition coefficient (Wildman–Crippen LogP) is 3.50. The summed E-state index contributed by atoms with van der Waals surface area (Å²) in [6.07, 6.45) is 0.461. The van der Waals surface area contributed by atoms with Crippen molar-refractivity contribution in [2.24, 2.45) is 5.10 Å². The molecule has 0 aliphatic carbocycles. The Labute approximate surface area is 169 Å². The summed E-state index contributed by atoms with van der Waals surface area (Å²) in [5.41, 5.74) is 5.74. The van der Waals surface area contributed by atoms with E-state index in [4.69, 9.17) is 0 Å². The molecule has 0 bridgehead atoms. The lowest BCUT2D eigenvalue weighted by atomic mass is 10.1. The first-order valence-corrected chi connectivity index (χ1v) is 10.0. The maximum atomic E-state index is 12.1. The molecule has 1 saturated heterocycles. The molecule has 1 N–H and O–H groups in total. The molecule has 6 heteroatoms. The molecule has 1 aliphatic heterocycles. The first kappa shape index (κ1) is 19.6. The summed E-state index contributed by atoms with van der Waals surface area (Å²) in [5.74, 6) is -0.0445. The summed E-state index contributed by atoms with van der Waals surface area (Å²) in [5, 5.41) is 4.21. The number of hydrazone groups is 1. The van der Waals surface area contributed by atoms with Crippen molar-refractivity contribution in [3.05, 3.63) is 64.6 Å². The molecule has 2 aromatic carbocycles. The number of para-hydroxylation sites is 1. The van der Waals surface area contributed by atoms with Crippen molar-refractivity contribution in [1.82, 2.24) is 10.3 Å². The molecule has 1 aliphatic rings. The number of halogens is 1. The van der Waals surface area contributed by atoms with Crippen LogP contribution in [0.3, 0.4) is 0 Å². The third-order valence-electron chi connectivity index (χ3n) is 4.76. The van der Waals surface area contributed by atoms with Crippen molar-refractivity contribution >= 4 is 33.2 Å². The van der Waals surface area contributed by atoms with E-state index in [9.17, 15) is 4.79 Å². The van der Waals surface area contributed by atoms with E-state index in [0.29, 0.717) is 6.42 Å². The first-order chi connectivity index (χ1) is 13.1. The first-order valence-electron chi connectivity index (χ1n) is 9.23. The number of hydrogen-bond acceptors (Lipinski definition) is 4. The van der Waals surface area contributed by atoms with Gasteiger partial charge in [-0.25, -0.2) is 5.43 Å². The lowest BCUT2D eigenvalue weighted by Crippen LogP contribution is -2.47. The molecule has 142 valence electrons. The van der Waals surface area contributed by atoms with Crippen molar-refractivity contribution in [1.29, 1.82) is 0 Å². The van der Waals surface area contributed by atoms with Crippen LogP contribution in [0.15, 0.2) is 64.2 Å². The highest BCUT2D eigenvalue weighted by Gasteiger charge is 2.17. The monoisotopic (exact) mass is 428 g/mol. The predicted molar refractivity (Wildman–Crippen MR) is 114 cm³/mol. The molecule has 1 fully saturated rings. The van der Waals surface area contributed by atoms with Crippen LogP contribution in [0.4, 0.5) is 5.69 Å². The summed E-state index contributed by atoms with van der Waals surface area (Å²) in [6.45, 7) is 6.60. The zero-order valence-corrected chi connectivity index (χ0v) is 17.2. The van der Waals surface area contributed by atoms with Gasteiger partial charge in [0.2, 0.25) is 5.91 Å². The molecule has 0 spiro atoms. The number of nitrogens with zero attached hydrogens (tertiary/aromatic N) is 3. The maximum Gasteiger partial charge on any atom is 0.241 e. The second-order valence-electron chi connectivity index (χ2n) is 6.65. The van der Waals surface area contributed by atoms with Crippen LogP contribution in [0.1, 0.15) is 18.9 Å². The quantitative estimate of drug-likeness (QED) is 0.565. The molecule has 0 unspecified atom stereocenters. The lowest BCUT2D eigenvalue weighted by Gasteiger charge is -2.36. The minimum absolute atomic E-state index is 0.0445. The third kappa shape index (κ3) is 5.91. The van der Waals surface area contributed by atoms with E-state index < -0.39 is 0 Å². The van der Waals surface area contributed by atoms with Crippen LogP contribution in [0.2, 0.25) is 0 Å². The number of hydrogen-bond donors (Lipinski definition) is 1. The molecule has 1 heterocycles. The Hall–Kier alpha value is -2.18. The smallest absolute Gasteiger partial charge is 0.241 e. The topological polar surface area (TPSA) is 47.9 Å². The Bertz CT molecular complexity index is 769. The second-order valence-corrected chi connectivity index (χ2v) is 7.57. The van der Waals surface area contributed by atoms with Gasteiger partial charge in [-0.3, -0.25) is 9.69 Å². The number of anilines is 1. The third-order valence-corrected chi connectivity index (χ3v) is 5.29. The molecule has 0 aromatic heterocycles. The van der Waals surface area contributed by atoms with Crippen LogP contribution in [0.5, 0.6) is 0 Å². The van der Waals surface area contributed by atoms with Gasteiger partial charge >= 0.3 is 0 Å². The number of nitrogens with one attached hydrogen (secondary N) is 1. The van der Waals surface area contributed by atoms with Crippen LogP contribution < -0.4 is 10.3 Å². The fourth-order valence-corrected chi connectivity index (χ4v) is 3.35. The normalized spacial score (nSPS) is 15.6. The molecule has 0 saturated carbocycles. The SMILES string of the molecule is C/C(=N\NC(=O)CCN1CCN(c2ccccc2)CC1)c1ccc(Br)cc1. The minimum atomic E-state index is -0.0445. The summed E-state index contributed by atoms with van der Waals surface area (Å²) in [4.78, 5) is 16.8. The number of carbonyl (C=O) groups excluding carboxylic acids is 1. The van der Waals surface area contributed by atoms with Gasteiger partial charge in [0, 0.05) is 49.3 Å². The number of rotatable bonds is 6. The summed E-state index contributed by atoms with van der Waals surface area (Å²) < 4.78 is 1.02. The Balaban J connectivity index is 1.39. The zero-order chi connectivity index (χ0) is 19.1. The molecule has 0 atom stereocenters. The highest BCUT2D eigenvalue weighted by Crippen LogP contribution is 2.15. The van der Waals surface area contributed by atoms with Crippen molar-refractivity contribution in [3.63, 3.8) is 0 Å². The summed E-state index contributed by atoms with van der Waals surface area (Å²) in [6, 6.07) is 18.4. The Morgan fingerprint density at radius 3 is 2.37 bits per heavy atom. The average molecular weight is 429 g/mol. The standard InChI is InChI=1S/C21H25BrN4O/c1-17(18-7-9-19(22)10-8-18)23-24-21(27)11-12-25-13-15-26(16-14-25)20-5-3-2-4-6-20/h2-10H,11-16H2,1H3,(H,24,27)/b23-17+. The Morgan fingerprint density at radius 2 is 1.70 bits per heavy atom. The van der Waals surface area contributed by atoms with Gasteiger partial charge in [-0.15, -0.1) is 0 Å². The van der Waals surface area contributed by atoms with Gasteiger partial charge in [0.25, 0.3) is 0 Å². The van der Waals surface area contributed by atoms with Gasteiger partial charge in [-0.1, -0.05) is 46.3 Å². The highest BCUT2D eigenvalue weighted by molar-refractivity contribution is 9.10. The molecule has 5 nitrogen and oxygen atoms in total. The Kier molecular flexibility index (Phi) is 7.01.